The lowest BCUT2D eigenvalue weighted by atomic mass is 9.94. The van der Waals surface area contributed by atoms with Gasteiger partial charge in [-0.15, -0.1) is 0 Å². The highest BCUT2D eigenvalue weighted by molar-refractivity contribution is 5.93. The van der Waals surface area contributed by atoms with Crippen molar-refractivity contribution in [2.45, 2.75) is 5.67 Å². The molecular weight excluding hydrogens is 325 g/mol. The number of ether oxygens (including phenoxy) is 1. The van der Waals surface area contributed by atoms with E-state index in [1.54, 1.807) is 12.0 Å². The summed E-state index contributed by atoms with van der Waals surface area (Å²) in [7, 11) is 1.62. The van der Waals surface area contributed by atoms with Crippen molar-refractivity contribution in [2.24, 2.45) is 0 Å². The van der Waals surface area contributed by atoms with Crippen molar-refractivity contribution < 1.29 is 18.7 Å². The summed E-state index contributed by atoms with van der Waals surface area (Å²) in [4.78, 5) is 28.9. The molecule has 7 heteroatoms. The molecule has 0 spiro atoms. The second kappa shape index (κ2) is 6.74. The molecule has 0 aliphatic carbocycles. The summed E-state index contributed by atoms with van der Waals surface area (Å²) >= 11 is 0. The molecule has 0 radical (unpaired) electrons. The quantitative estimate of drug-likeness (QED) is 0.765. The van der Waals surface area contributed by atoms with Crippen LogP contribution in [0.4, 0.5) is 10.1 Å². The molecule has 2 saturated heterocycles. The molecule has 6 nitrogen and oxygen atoms in total. The molecule has 2 aliphatic heterocycles. The highest BCUT2D eigenvalue weighted by Crippen LogP contribution is 2.29. The zero-order valence-corrected chi connectivity index (χ0v) is 14.3. The van der Waals surface area contributed by atoms with Gasteiger partial charge in [0, 0.05) is 37.9 Å². The Morgan fingerprint density at radius 1 is 1.20 bits per heavy atom. The van der Waals surface area contributed by atoms with E-state index in [2.05, 4.69) is 11.5 Å². The van der Waals surface area contributed by atoms with Crippen LogP contribution in [0, 0.1) is 0 Å². The first-order chi connectivity index (χ1) is 12.0. The fraction of sp³-hybridized carbons (Fsp3) is 0.444. The maximum atomic E-state index is 14.7. The number of amides is 2. The van der Waals surface area contributed by atoms with E-state index in [1.807, 2.05) is 24.3 Å². The number of likely N-dealkylation sites (tertiary alicyclic amines) is 1. The number of nitrogens with zero attached hydrogens (tertiary/aromatic N) is 3. The first-order valence-electron chi connectivity index (χ1n) is 8.25. The lowest BCUT2D eigenvalue weighted by Crippen LogP contribution is -2.68. The smallest absolute Gasteiger partial charge is 0.264 e. The molecule has 3 rings (SSSR count). The molecule has 0 N–H and O–H groups in total. The minimum absolute atomic E-state index is 0.188. The number of rotatable bonds is 4. The van der Waals surface area contributed by atoms with Gasteiger partial charge in [0.1, 0.15) is 5.75 Å². The number of piperazine rings is 1. The van der Waals surface area contributed by atoms with Crippen molar-refractivity contribution in [3.8, 4) is 5.75 Å². The molecule has 0 aromatic heterocycles. The third kappa shape index (κ3) is 3.31. The van der Waals surface area contributed by atoms with E-state index < -0.39 is 11.6 Å². The molecule has 0 bridgehead atoms. The molecule has 2 amide bonds. The van der Waals surface area contributed by atoms with Crippen LogP contribution in [-0.4, -0.2) is 73.7 Å². The summed E-state index contributed by atoms with van der Waals surface area (Å²) in [6, 6.07) is 7.73. The van der Waals surface area contributed by atoms with Crippen LogP contribution in [-0.2, 0) is 9.59 Å². The number of methoxy groups -OCH3 is 1. The third-order valence-electron chi connectivity index (χ3n) is 4.74. The van der Waals surface area contributed by atoms with Gasteiger partial charge in [-0.25, -0.2) is 4.39 Å². The van der Waals surface area contributed by atoms with Crippen molar-refractivity contribution >= 4 is 17.5 Å². The number of anilines is 1. The van der Waals surface area contributed by atoms with Gasteiger partial charge < -0.3 is 19.4 Å². The Morgan fingerprint density at radius 2 is 1.88 bits per heavy atom. The van der Waals surface area contributed by atoms with Crippen molar-refractivity contribution in [1.82, 2.24) is 9.80 Å². The molecule has 0 unspecified atom stereocenters. The van der Waals surface area contributed by atoms with E-state index >= 15 is 0 Å². The zero-order valence-electron chi connectivity index (χ0n) is 14.3. The lowest BCUT2D eigenvalue weighted by Gasteiger charge is -2.46. The van der Waals surface area contributed by atoms with Crippen LogP contribution in [0.15, 0.2) is 36.9 Å². The number of carbonyl (C=O) groups excluding carboxylic acids is 2. The van der Waals surface area contributed by atoms with Crippen molar-refractivity contribution in [1.29, 1.82) is 0 Å². The summed E-state index contributed by atoms with van der Waals surface area (Å²) in [5.41, 5.74) is -0.940. The standard InChI is InChI=1S/C18H22FN3O3/c1-3-16(23)22-12-18(19,13-22)17(24)21-9-7-20(8-10-21)14-5-4-6-15(11-14)25-2/h3-6,11H,1,7-10,12-13H2,2H3. The summed E-state index contributed by atoms with van der Waals surface area (Å²) in [6.07, 6.45) is 1.14. The van der Waals surface area contributed by atoms with E-state index in [0.29, 0.717) is 26.2 Å². The van der Waals surface area contributed by atoms with Crippen LogP contribution in [0.25, 0.3) is 0 Å². The second-order valence-electron chi connectivity index (χ2n) is 6.34. The number of hydrogen-bond acceptors (Lipinski definition) is 4. The number of halogens is 1. The number of carbonyl (C=O) groups is 2. The summed E-state index contributed by atoms with van der Waals surface area (Å²) in [5, 5.41) is 0. The maximum Gasteiger partial charge on any atom is 0.264 e. The van der Waals surface area contributed by atoms with Gasteiger partial charge in [-0.2, -0.15) is 0 Å². The van der Waals surface area contributed by atoms with E-state index in [9.17, 15) is 14.0 Å². The van der Waals surface area contributed by atoms with Crippen LogP contribution in [0.5, 0.6) is 5.75 Å². The molecule has 134 valence electrons. The minimum atomic E-state index is -1.96. The van der Waals surface area contributed by atoms with Gasteiger partial charge in [0.15, 0.2) is 0 Å². The predicted octanol–water partition coefficient (Wildman–Crippen LogP) is 1.08. The normalized spacial score (nSPS) is 19.2. The molecular formula is C18H22FN3O3. The number of hydrogen-bond donors (Lipinski definition) is 0. The van der Waals surface area contributed by atoms with Crippen LogP contribution < -0.4 is 9.64 Å². The first kappa shape index (κ1) is 17.3. The molecule has 25 heavy (non-hydrogen) atoms. The molecule has 0 saturated carbocycles. The number of benzene rings is 1. The topological polar surface area (TPSA) is 53.1 Å². The molecule has 2 aliphatic rings. The summed E-state index contributed by atoms with van der Waals surface area (Å²) < 4.78 is 19.9. The van der Waals surface area contributed by atoms with Gasteiger partial charge in [-0.3, -0.25) is 9.59 Å². The van der Waals surface area contributed by atoms with Gasteiger partial charge in [-0.05, 0) is 18.2 Å². The van der Waals surface area contributed by atoms with Crippen LogP contribution in [0.1, 0.15) is 0 Å². The van der Waals surface area contributed by atoms with Crippen molar-refractivity contribution in [3.63, 3.8) is 0 Å². The second-order valence-corrected chi connectivity index (χ2v) is 6.34. The molecule has 1 aromatic carbocycles. The Labute approximate surface area is 146 Å². The fourth-order valence-electron chi connectivity index (χ4n) is 3.24. The zero-order chi connectivity index (χ0) is 18.0. The van der Waals surface area contributed by atoms with Crippen LogP contribution >= 0.6 is 0 Å². The molecule has 1 aromatic rings. The average molecular weight is 347 g/mol. The maximum absolute atomic E-state index is 14.7. The monoisotopic (exact) mass is 347 g/mol. The van der Waals surface area contributed by atoms with Crippen molar-refractivity contribution in [2.75, 3.05) is 51.3 Å². The summed E-state index contributed by atoms with van der Waals surface area (Å²) in [6.45, 7) is 5.17. The minimum Gasteiger partial charge on any atom is -0.497 e. The Kier molecular flexibility index (Phi) is 4.65. The largest absolute Gasteiger partial charge is 0.497 e. The van der Waals surface area contributed by atoms with Gasteiger partial charge in [-0.1, -0.05) is 12.6 Å². The van der Waals surface area contributed by atoms with Gasteiger partial charge in [0.05, 0.1) is 20.2 Å². The Hall–Kier alpha value is -2.57. The Bertz CT molecular complexity index is 680. The summed E-state index contributed by atoms with van der Waals surface area (Å²) in [5.74, 6) is -0.0880. The molecule has 2 fully saturated rings. The van der Waals surface area contributed by atoms with Gasteiger partial charge in [0.2, 0.25) is 11.6 Å². The van der Waals surface area contributed by atoms with E-state index in [-0.39, 0.29) is 19.0 Å². The fourth-order valence-corrected chi connectivity index (χ4v) is 3.24. The van der Waals surface area contributed by atoms with E-state index in [0.717, 1.165) is 17.5 Å². The first-order valence-corrected chi connectivity index (χ1v) is 8.25. The molecule has 2 heterocycles. The van der Waals surface area contributed by atoms with Crippen LogP contribution in [0.3, 0.4) is 0 Å². The Balaban J connectivity index is 1.56. The third-order valence-corrected chi connectivity index (χ3v) is 4.74. The highest BCUT2D eigenvalue weighted by Gasteiger charge is 2.53. The molecule has 0 atom stereocenters. The van der Waals surface area contributed by atoms with Gasteiger partial charge >= 0.3 is 0 Å². The van der Waals surface area contributed by atoms with Crippen molar-refractivity contribution in [3.05, 3.63) is 36.9 Å². The Morgan fingerprint density at radius 3 is 2.48 bits per heavy atom. The van der Waals surface area contributed by atoms with E-state index in [1.165, 1.54) is 4.90 Å². The lowest BCUT2D eigenvalue weighted by molar-refractivity contribution is -0.161. The van der Waals surface area contributed by atoms with E-state index in [4.69, 9.17) is 4.74 Å². The highest BCUT2D eigenvalue weighted by atomic mass is 19.1. The predicted molar refractivity (Wildman–Crippen MR) is 92.4 cm³/mol. The van der Waals surface area contributed by atoms with Crippen LogP contribution in [0.2, 0.25) is 0 Å². The van der Waals surface area contributed by atoms with Gasteiger partial charge in [0.25, 0.3) is 5.91 Å². The average Bonchev–Trinajstić information content (AvgIpc) is 2.64. The number of alkyl halides is 1. The SMILES string of the molecule is C=CC(=O)N1CC(F)(C(=O)N2CCN(c3cccc(OC)c3)CC2)C1.